The van der Waals surface area contributed by atoms with Gasteiger partial charge in [-0.2, -0.15) is 0 Å². The molecule has 0 bridgehead atoms. The van der Waals surface area contributed by atoms with Gasteiger partial charge in [-0.15, -0.1) is 11.3 Å². The Kier molecular flexibility index (Phi) is 2.79. The van der Waals surface area contributed by atoms with E-state index in [1.54, 1.807) is 5.51 Å². The summed E-state index contributed by atoms with van der Waals surface area (Å²) in [5, 5.41) is 3.22. The Hall–Kier alpha value is -0.940. The van der Waals surface area contributed by atoms with Crippen LogP contribution in [0.3, 0.4) is 0 Å². The van der Waals surface area contributed by atoms with E-state index in [-0.39, 0.29) is 5.91 Å². The van der Waals surface area contributed by atoms with Crippen molar-refractivity contribution in [1.82, 2.24) is 15.2 Å². The maximum atomic E-state index is 12.0. The molecule has 14 heavy (non-hydrogen) atoms. The van der Waals surface area contributed by atoms with E-state index >= 15 is 0 Å². The molecule has 1 amide bonds. The van der Waals surface area contributed by atoms with Gasteiger partial charge in [-0.1, -0.05) is 0 Å². The van der Waals surface area contributed by atoms with Crippen LogP contribution >= 0.6 is 11.3 Å². The quantitative estimate of drug-likeness (QED) is 0.735. The Morgan fingerprint density at radius 3 is 2.86 bits per heavy atom. The first-order valence-electron chi connectivity index (χ1n) is 4.69. The third-order valence-electron chi connectivity index (χ3n) is 2.34. The second-order valence-electron chi connectivity index (χ2n) is 3.31. The highest BCUT2D eigenvalue weighted by atomic mass is 32.1. The fourth-order valence-corrected chi connectivity index (χ4v) is 2.29. The molecule has 0 unspecified atom stereocenters. The first-order chi connectivity index (χ1) is 6.79. The number of amides is 1. The Labute approximate surface area is 86.9 Å². The largest absolute Gasteiger partial charge is 0.335 e. The lowest BCUT2D eigenvalue weighted by Crippen LogP contribution is -2.46. The third-order valence-corrected chi connectivity index (χ3v) is 3.26. The predicted octanol–water partition coefficient (Wildman–Crippen LogP) is 0.497. The van der Waals surface area contributed by atoms with Crippen LogP contribution in [0.5, 0.6) is 0 Å². The molecule has 0 aromatic carbocycles. The van der Waals surface area contributed by atoms with Crippen LogP contribution in [0, 0.1) is 6.92 Å². The Morgan fingerprint density at radius 1 is 1.57 bits per heavy atom. The zero-order valence-corrected chi connectivity index (χ0v) is 8.93. The summed E-state index contributed by atoms with van der Waals surface area (Å²) < 4.78 is 0. The number of nitrogens with one attached hydrogen (secondary N) is 1. The number of hydrogen-bond acceptors (Lipinski definition) is 4. The van der Waals surface area contributed by atoms with E-state index < -0.39 is 0 Å². The molecule has 4 nitrogen and oxygen atoms in total. The summed E-state index contributed by atoms with van der Waals surface area (Å²) in [4.78, 5) is 18.7. The molecule has 0 spiro atoms. The van der Waals surface area contributed by atoms with Gasteiger partial charge in [0.1, 0.15) is 4.88 Å². The standard InChI is InChI=1S/C9H13N3OS/c1-7-8(14-6-11-7)9(13)12-4-2-10-3-5-12/h6,10H,2-5H2,1H3. The lowest BCUT2D eigenvalue weighted by atomic mass is 10.3. The number of hydrogen-bond donors (Lipinski definition) is 1. The molecular formula is C9H13N3OS. The monoisotopic (exact) mass is 211 g/mol. The first-order valence-corrected chi connectivity index (χ1v) is 5.57. The lowest BCUT2D eigenvalue weighted by molar-refractivity contribution is 0.0740. The molecule has 2 rings (SSSR count). The summed E-state index contributed by atoms with van der Waals surface area (Å²) >= 11 is 1.43. The fraction of sp³-hybridized carbons (Fsp3) is 0.556. The molecule has 1 aliphatic heterocycles. The molecule has 5 heteroatoms. The van der Waals surface area contributed by atoms with Gasteiger partial charge < -0.3 is 10.2 Å². The number of piperazine rings is 1. The Bertz CT molecular complexity index is 331. The number of thiazole rings is 1. The van der Waals surface area contributed by atoms with Crippen molar-refractivity contribution in [1.29, 1.82) is 0 Å². The van der Waals surface area contributed by atoms with Crippen molar-refractivity contribution in [3.05, 3.63) is 16.1 Å². The van der Waals surface area contributed by atoms with Crippen molar-refractivity contribution >= 4 is 17.2 Å². The van der Waals surface area contributed by atoms with Crippen molar-refractivity contribution in [2.45, 2.75) is 6.92 Å². The number of carbonyl (C=O) groups excluding carboxylic acids is 1. The SMILES string of the molecule is Cc1ncsc1C(=O)N1CCNCC1. The molecule has 1 saturated heterocycles. The minimum atomic E-state index is 0.131. The maximum Gasteiger partial charge on any atom is 0.265 e. The molecule has 1 N–H and O–H groups in total. The summed E-state index contributed by atoms with van der Waals surface area (Å²) in [5.41, 5.74) is 2.57. The van der Waals surface area contributed by atoms with E-state index in [1.165, 1.54) is 11.3 Å². The van der Waals surface area contributed by atoms with Gasteiger partial charge in [-0.25, -0.2) is 4.98 Å². The van der Waals surface area contributed by atoms with Crippen LogP contribution in [-0.2, 0) is 0 Å². The van der Waals surface area contributed by atoms with Crippen LogP contribution in [0.25, 0.3) is 0 Å². The summed E-state index contributed by atoms with van der Waals surface area (Å²) in [7, 11) is 0. The lowest BCUT2D eigenvalue weighted by Gasteiger charge is -2.26. The van der Waals surface area contributed by atoms with Crippen LogP contribution in [0.4, 0.5) is 0 Å². The van der Waals surface area contributed by atoms with E-state index in [9.17, 15) is 4.79 Å². The van der Waals surface area contributed by atoms with Crippen LogP contribution in [-0.4, -0.2) is 42.0 Å². The van der Waals surface area contributed by atoms with Crippen molar-refractivity contribution < 1.29 is 4.79 Å². The molecule has 1 aromatic heterocycles. The van der Waals surface area contributed by atoms with Gasteiger partial charge >= 0.3 is 0 Å². The van der Waals surface area contributed by atoms with E-state index in [0.717, 1.165) is 36.8 Å². The topological polar surface area (TPSA) is 45.2 Å². The number of aryl methyl sites for hydroxylation is 1. The molecule has 0 atom stereocenters. The highest BCUT2D eigenvalue weighted by Crippen LogP contribution is 2.15. The van der Waals surface area contributed by atoms with Gasteiger partial charge in [0.2, 0.25) is 0 Å². The van der Waals surface area contributed by atoms with Crippen LogP contribution in [0.15, 0.2) is 5.51 Å². The van der Waals surface area contributed by atoms with Crippen molar-refractivity contribution in [3.8, 4) is 0 Å². The molecule has 1 fully saturated rings. The van der Waals surface area contributed by atoms with E-state index in [2.05, 4.69) is 10.3 Å². The average Bonchev–Trinajstić information content (AvgIpc) is 2.65. The molecule has 76 valence electrons. The molecule has 1 aromatic rings. The number of aromatic nitrogens is 1. The third kappa shape index (κ3) is 1.78. The van der Waals surface area contributed by atoms with E-state index in [4.69, 9.17) is 0 Å². The minimum Gasteiger partial charge on any atom is -0.335 e. The Balaban J connectivity index is 2.11. The number of nitrogens with zero attached hydrogens (tertiary/aromatic N) is 2. The van der Waals surface area contributed by atoms with Gasteiger partial charge in [-0.3, -0.25) is 4.79 Å². The molecule has 2 heterocycles. The highest BCUT2D eigenvalue weighted by Gasteiger charge is 2.20. The first kappa shape index (κ1) is 9.61. The van der Waals surface area contributed by atoms with Crippen molar-refractivity contribution in [2.75, 3.05) is 26.2 Å². The van der Waals surface area contributed by atoms with Gasteiger partial charge in [-0.05, 0) is 6.92 Å². The van der Waals surface area contributed by atoms with Crippen LogP contribution < -0.4 is 5.32 Å². The van der Waals surface area contributed by atoms with Gasteiger partial charge in [0.15, 0.2) is 0 Å². The van der Waals surface area contributed by atoms with E-state index in [0.29, 0.717) is 0 Å². The normalized spacial score (nSPS) is 17.1. The molecule has 0 saturated carbocycles. The van der Waals surface area contributed by atoms with Gasteiger partial charge in [0.05, 0.1) is 11.2 Å². The second kappa shape index (κ2) is 4.06. The molecule has 0 aliphatic carbocycles. The molecular weight excluding hydrogens is 198 g/mol. The predicted molar refractivity (Wildman–Crippen MR) is 55.6 cm³/mol. The highest BCUT2D eigenvalue weighted by molar-refractivity contribution is 7.11. The number of rotatable bonds is 1. The zero-order chi connectivity index (χ0) is 9.97. The van der Waals surface area contributed by atoms with Crippen LogP contribution in [0.1, 0.15) is 15.4 Å². The fourth-order valence-electron chi connectivity index (χ4n) is 1.52. The average molecular weight is 211 g/mol. The van der Waals surface area contributed by atoms with Crippen LogP contribution in [0.2, 0.25) is 0 Å². The summed E-state index contributed by atoms with van der Waals surface area (Å²) in [5.74, 6) is 0.131. The maximum absolute atomic E-state index is 12.0. The Morgan fingerprint density at radius 2 is 2.29 bits per heavy atom. The summed E-state index contributed by atoms with van der Waals surface area (Å²) in [6.45, 7) is 5.27. The summed E-state index contributed by atoms with van der Waals surface area (Å²) in [6.07, 6.45) is 0. The van der Waals surface area contributed by atoms with Crippen molar-refractivity contribution in [3.63, 3.8) is 0 Å². The number of carbonyl (C=O) groups is 1. The molecule has 1 aliphatic rings. The van der Waals surface area contributed by atoms with Crippen molar-refractivity contribution in [2.24, 2.45) is 0 Å². The zero-order valence-electron chi connectivity index (χ0n) is 8.12. The second-order valence-corrected chi connectivity index (χ2v) is 4.16. The van der Waals surface area contributed by atoms with E-state index in [1.807, 2.05) is 11.8 Å². The van der Waals surface area contributed by atoms with Gasteiger partial charge in [0, 0.05) is 26.2 Å². The van der Waals surface area contributed by atoms with Gasteiger partial charge in [0.25, 0.3) is 5.91 Å². The molecule has 0 radical (unpaired) electrons. The minimum absolute atomic E-state index is 0.131. The smallest absolute Gasteiger partial charge is 0.265 e. The summed E-state index contributed by atoms with van der Waals surface area (Å²) in [6, 6.07) is 0.